The van der Waals surface area contributed by atoms with Crippen LogP contribution in [0.5, 0.6) is 0 Å². The molecule has 0 aliphatic carbocycles. The number of esters is 3. The molecule has 1 rings (SSSR count). The van der Waals surface area contributed by atoms with Crippen LogP contribution in [-0.4, -0.2) is 58.6 Å². The summed E-state index contributed by atoms with van der Waals surface area (Å²) >= 11 is 0. The molecule has 0 aromatic carbocycles. The molecule has 2 N–H and O–H groups in total. The normalized spacial score (nSPS) is 31.3. The van der Waals surface area contributed by atoms with Gasteiger partial charge < -0.3 is 24.4 Å². The Morgan fingerprint density at radius 3 is 2.25 bits per heavy atom. The van der Waals surface area contributed by atoms with E-state index in [1.54, 1.807) is 0 Å². The van der Waals surface area contributed by atoms with Crippen LogP contribution in [0.2, 0.25) is 0 Å². The molecule has 5 atom stereocenters. The number of aliphatic hydroxyl groups excluding tert-OH is 2. The molecule has 24 heavy (non-hydrogen) atoms. The minimum absolute atomic E-state index is 0.222. The van der Waals surface area contributed by atoms with Crippen molar-refractivity contribution >= 4 is 17.9 Å². The summed E-state index contributed by atoms with van der Waals surface area (Å²) in [7, 11) is 0. The third-order valence-electron chi connectivity index (χ3n) is 3.15. The molecule has 8 nitrogen and oxygen atoms in total. The summed E-state index contributed by atoms with van der Waals surface area (Å²) < 4.78 is 15.0. The monoisotopic (exact) mass is 342 g/mol. The van der Waals surface area contributed by atoms with Crippen molar-refractivity contribution in [2.75, 3.05) is 0 Å². The maximum atomic E-state index is 11.8. The first-order valence-corrected chi connectivity index (χ1v) is 7.52. The molecular formula is C16H22O8. The average molecular weight is 342 g/mol. The predicted molar refractivity (Wildman–Crippen MR) is 81.6 cm³/mol. The molecule has 0 radical (unpaired) electrons. The highest BCUT2D eigenvalue weighted by molar-refractivity contribution is 5.83. The molecular weight excluding hydrogens is 320 g/mol. The van der Waals surface area contributed by atoms with Gasteiger partial charge in [-0.05, 0) is 32.9 Å². The van der Waals surface area contributed by atoms with Gasteiger partial charge >= 0.3 is 17.9 Å². The van der Waals surface area contributed by atoms with E-state index in [4.69, 9.17) is 14.2 Å². The summed E-state index contributed by atoms with van der Waals surface area (Å²) in [4.78, 5) is 35.1. The van der Waals surface area contributed by atoms with Crippen molar-refractivity contribution < 1.29 is 38.8 Å². The lowest BCUT2D eigenvalue weighted by atomic mass is 10.2. The number of hydrogen-bond acceptors (Lipinski definition) is 8. The molecule has 0 amide bonds. The smallest absolute Gasteiger partial charge is 0.330 e. The quantitative estimate of drug-likeness (QED) is 0.505. The number of ether oxygens (including phenoxy) is 3. The van der Waals surface area contributed by atoms with Crippen molar-refractivity contribution in [2.45, 2.75) is 57.7 Å². The van der Waals surface area contributed by atoms with Crippen molar-refractivity contribution in [3.8, 4) is 0 Å². The van der Waals surface area contributed by atoms with Crippen LogP contribution in [0.15, 0.2) is 24.3 Å². The molecule has 1 heterocycles. The summed E-state index contributed by atoms with van der Waals surface area (Å²) in [5, 5.41) is 19.4. The highest BCUT2D eigenvalue weighted by atomic mass is 16.6. The van der Waals surface area contributed by atoms with Crippen LogP contribution in [0.3, 0.4) is 0 Å². The second-order valence-corrected chi connectivity index (χ2v) is 5.50. The van der Waals surface area contributed by atoms with Gasteiger partial charge in [0.05, 0.1) is 12.5 Å². The van der Waals surface area contributed by atoms with Gasteiger partial charge in [-0.2, -0.15) is 0 Å². The average Bonchev–Trinajstić information content (AvgIpc) is 2.47. The zero-order valence-corrected chi connectivity index (χ0v) is 13.7. The minimum Gasteiger partial charge on any atom is -0.459 e. The van der Waals surface area contributed by atoms with Crippen LogP contribution < -0.4 is 0 Å². The molecule has 134 valence electrons. The summed E-state index contributed by atoms with van der Waals surface area (Å²) in [6, 6.07) is 0. The lowest BCUT2D eigenvalue weighted by Crippen LogP contribution is -2.29. The van der Waals surface area contributed by atoms with E-state index in [2.05, 4.69) is 0 Å². The standard InChI is InChI=1S/C16H22O8/c1-9-8-16(21)24-13(10(2)17)5-7-15(20)23-11(3)12(18)4-6-14(19)22-9/h4-7,9-13,17-18H,8H2,1-3H3. The predicted octanol–water partition coefficient (Wildman–Crippen LogP) is 0.0194. The summed E-state index contributed by atoms with van der Waals surface area (Å²) in [6.07, 6.45) is -0.905. The third-order valence-corrected chi connectivity index (χ3v) is 3.15. The van der Waals surface area contributed by atoms with Gasteiger partial charge in [0.15, 0.2) is 0 Å². The molecule has 0 spiro atoms. The summed E-state index contributed by atoms with van der Waals surface area (Å²) in [5.74, 6) is -2.25. The highest BCUT2D eigenvalue weighted by Gasteiger charge is 2.22. The third kappa shape index (κ3) is 6.93. The number of hydrogen-bond donors (Lipinski definition) is 2. The fourth-order valence-electron chi connectivity index (χ4n) is 1.81. The minimum atomic E-state index is -1.21. The zero-order chi connectivity index (χ0) is 18.3. The second-order valence-electron chi connectivity index (χ2n) is 5.50. The van der Waals surface area contributed by atoms with Crippen LogP contribution in [-0.2, 0) is 28.6 Å². The van der Waals surface area contributed by atoms with E-state index in [1.165, 1.54) is 26.8 Å². The number of aliphatic hydroxyl groups is 2. The Morgan fingerprint density at radius 2 is 1.62 bits per heavy atom. The molecule has 5 unspecified atom stereocenters. The van der Waals surface area contributed by atoms with Crippen LogP contribution in [0.1, 0.15) is 27.2 Å². The van der Waals surface area contributed by atoms with E-state index in [-0.39, 0.29) is 6.42 Å². The van der Waals surface area contributed by atoms with Crippen molar-refractivity contribution in [1.82, 2.24) is 0 Å². The van der Waals surface area contributed by atoms with Gasteiger partial charge in [0, 0.05) is 12.2 Å². The maximum absolute atomic E-state index is 11.8. The van der Waals surface area contributed by atoms with Crippen LogP contribution in [0, 0.1) is 0 Å². The van der Waals surface area contributed by atoms with Gasteiger partial charge in [0.25, 0.3) is 0 Å². The van der Waals surface area contributed by atoms with Gasteiger partial charge in [0.1, 0.15) is 24.4 Å². The Morgan fingerprint density at radius 1 is 1.04 bits per heavy atom. The highest BCUT2D eigenvalue weighted by Crippen LogP contribution is 2.09. The maximum Gasteiger partial charge on any atom is 0.330 e. The van der Waals surface area contributed by atoms with Crippen LogP contribution in [0.4, 0.5) is 0 Å². The Balaban J connectivity index is 2.98. The number of rotatable bonds is 1. The van der Waals surface area contributed by atoms with E-state index in [1.807, 2.05) is 0 Å². The molecule has 0 bridgehead atoms. The summed E-state index contributed by atoms with van der Waals surface area (Å²) in [6.45, 7) is 4.34. The number of cyclic esters (lactones) is 3. The van der Waals surface area contributed by atoms with Gasteiger partial charge in [-0.15, -0.1) is 0 Å². The second kappa shape index (κ2) is 9.19. The van der Waals surface area contributed by atoms with E-state index in [0.29, 0.717) is 0 Å². The topological polar surface area (TPSA) is 119 Å². The van der Waals surface area contributed by atoms with Crippen LogP contribution in [0.25, 0.3) is 0 Å². The lowest BCUT2D eigenvalue weighted by Gasteiger charge is -2.18. The first-order valence-electron chi connectivity index (χ1n) is 7.52. The van der Waals surface area contributed by atoms with E-state index in [9.17, 15) is 24.6 Å². The Kier molecular flexibility index (Phi) is 7.60. The molecule has 0 aromatic rings. The molecule has 0 saturated carbocycles. The molecule has 0 fully saturated rings. The Hall–Kier alpha value is -2.19. The van der Waals surface area contributed by atoms with Crippen molar-refractivity contribution in [3.63, 3.8) is 0 Å². The fraction of sp³-hybridized carbons (Fsp3) is 0.562. The zero-order valence-electron chi connectivity index (χ0n) is 13.7. The molecule has 1 aliphatic heterocycles. The fourth-order valence-corrected chi connectivity index (χ4v) is 1.81. The lowest BCUT2D eigenvalue weighted by molar-refractivity contribution is -0.156. The van der Waals surface area contributed by atoms with E-state index in [0.717, 1.165) is 18.2 Å². The van der Waals surface area contributed by atoms with Crippen molar-refractivity contribution in [2.24, 2.45) is 0 Å². The van der Waals surface area contributed by atoms with Crippen molar-refractivity contribution in [1.29, 1.82) is 0 Å². The van der Waals surface area contributed by atoms with Crippen molar-refractivity contribution in [3.05, 3.63) is 24.3 Å². The first kappa shape index (κ1) is 19.9. The van der Waals surface area contributed by atoms with Gasteiger partial charge in [-0.25, -0.2) is 9.59 Å². The Labute approximate surface area is 139 Å². The van der Waals surface area contributed by atoms with E-state index < -0.39 is 48.4 Å². The molecule has 8 heteroatoms. The summed E-state index contributed by atoms with van der Waals surface area (Å²) in [5.41, 5.74) is 0. The first-order chi connectivity index (χ1) is 11.2. The SMILES string of the molecule is CC1CC(=O)OC(C(C)O)C=CC(=O)OC(C)C(O)C=CC(=O)O1. The van der Waals surface area contributed by atoms with E-state index >= 15 is 0 Å². The molecule has 0 saturated heterocycles. The largest absolute Gasteiger partial charge is 0.459 e. The molecule has 0 aromatic heterocycles. The van der Waals surface area contributed by atoms with Gasteiger partial charge in [-0.1, -0.05) is 0 Å². The molecule has 1 aliphatic rings. The van der Waals surface area contributed by atoms with Gasteiger partial charge in [-0.3, -0.25) is 4.79 Å². The number of carbonyl (C=O) groups is 3. The Bertz CT molecular complexity index is 522. The number of carbonyl (C=O) groups excluding carboxylic acids is 3. The van der Waals surface area contributed by atoms with Gasteiger partial charge in [0.2, 0.25) is 0 Å². The van der Waals surface area contributed by atoms with Crippen LogP contribution >= 0.6 is 0 Å².